The van der Waals surface area contributed by atoms with Gasteiger partial charge < -0.3 is 10.6 Å². The number of halogens is 2. The highest BCUT2D eigenvalue weighted by Gasteiger charge is 2.14. The smallest absolute Gasteiger partial charge is 0.233 e. The Morgan fingerprint density at radius 2 is 1.54 bits per heavy atom. The number of anilines is 1. The van der Waals surface area contributed by atoms with Crippen LogP contribution in [0, 0.1) is 11.6 Å². The van der Waals surface area contributed by atoms with Gasteiger partial charge in [-0.1, -0.05) is 36.4 Å². The lowest BCUT2D eigenvalue weighted by atomic mass is 10.1. The Kier molecular flexibility index (Phi) is 6.42. The monoisotopic (exact) mass is 332 g/mol. The maximum atomic E-state index is 13.4. The molecule has 2 aromatic rings. The fraction of sp³-hybridized carbons (Fsp3) is 0.222. The van der Waals surface area contributed by atoms with Gasteiger partial charge in [-0.15, -0.1) is 0 Å². The van der Waals surface area contributed by atoms with Gasteiger partial charge in [-0.05, 0) is 30.5 Å². The second kappa shape index (κ2) is 8.76. The van der Waals surface area contributed by atoms with Gasteiger partial charge in [0.25, 0.3) is 0 Å². The van der Waals surface area contributed by atoms with Crippen LogP contribution in [-0.4, -0.2) is 18.4 Å². The quantitative estimate of drug-likeness (QED) is 0.605. The average molecular weight is 332 g/mol. The van der Waals surface area contributed by atoms with E-state index in [2.05, 4.69) is 10.6 Å². The summed E-state index contributed by atoms with van der Waals surface area (Å²) in [6.07, 6.45) is 1.06. The molecule has 2 amide bonds. The first-order valence-corrected chi connectivity index (χ1v) is 7.61. The molecule has 0 radical (unpaired) electrons. The van der Waals surface area contributed by atoms with Crippen LogP contribution in [0.2, 0.25) is 0 Å². The van der Waals surface area contributed by atoms with E-state index >= 15 is 0 Å². The van der Waals surface area contributed by atoms with E-state index < -0.39 is 35.6 Å². The van der Waals surface area contributed by atoms with Crippen LogP contribution < -0.4 is 10.6 Å². The van der Waals surface area contributed by atoms with Gasteiger partial charge in [-0.2, -0.15) is 0 Å². The summed E-state index contributed by atoms with van der Waals surface area (Å²) < 4.78 is 26.8. The van der Waals surface area contributed by atoms with E-state index in [1.807, 2.05) is 30.3 Å². The molecule has 0 unspecified atom stereocenters. The Morgan fingerprint density at radius 1 is 0.875 bits per heavy atom. The van der Waals surface area contributed by atoms with Crippen molar-refractivity contribution in [1.29, 1.82) is 0 Å². The molecule has 24 heavy (non-hydrogen) atoms. The predicted molar refractivity (Wildman–Crippen MR) is 87.4 cm³/mol. The molecule has 6 heteroatoms. The first-order chi connectivity index (χ1) is 11.6. The lowest BCUT2D eigenvalue weighted by molar-refractivity contribution is -0.126. The van der Waals surface area contributed by atoms with Crippen LogP contribution in [-0.2, 0) is 16.0 Å². The SMILES string of the molecule is O=C(CC(=O)Nc1c(F)cccc1F)NCCCc1ccccc1. The summed E-state index contributed by atoms with van der Waals surface area (Å²) in [4.78, 5) is 23.3. The van der Waals surface area contributed by atoms with Gasteiger partial charge >= 0.3 is 0 Å². The van der Waals surface area contributed by atoms with Crippen molar-refractivity contribution >= 4 is 17.5 Å². The van der Waals surface area contributed by atoms with Crippen molar-refractivity contribution in [2.24, 2.45) is 0 Å². The number of hydrogen-bond donors (Lipinski definition) is 2. The van der Waals surface area contributed by atoms with Crippen LogP contribution in [0.5, 0.6) is 0 Å². The molecule has 0 atom stereocenters. The van der Waals surface area contributed by atoms with Crippen LogP contribution >= 0.6 is 0 Å². The Hall–Kier alpha value is -2.76. The molecular weight excluding hydrogens is 314 g/mol. The number of amides is 2. The minimum atomic E-state index is -0.883. The topological polar surface area (TPSA) is 58.2 Å². The number of carbonyl (C=O) groups excluding carboxylic acids is 2. The number of carbonyl (C=O) groups is 2. The number of hydrogen-bond acceptors (Lipinski definition) is 2. The molecule has 0 aliphatic rings. The highest BCUT2D eigenvalue weighted by Crippen LogP contribution is 2.17. The molecule has 2 rings (SSSR count). The Balaban J connectivity index is 1.71. The summed E-state index contributed by atoms with van der Waals surface area (Å²) in [5.41, 5.74) is 0.624. The Bertz CT molecular complexity index is 685. The van der Waals surface area contributed by atoms with Gasteiger partial charge in [0.2, 0.25) is 11.8 Å². The molecule has 0 bridgehead atoms. The van der Waals surface area contributed by atoms with E-state index in [-0.39, 0.29) is 0 Å². The van der Waals surface area contributed by atoms with Crippen LogP contribution in [0.1, 0.15) is 18.4 Å². The number of nitrogens with one attached hydrogen (secondary N) is 2. The highest BCUT2D eigenvalue weighted by atomic mass is 19.1. The molecule has 0 heterocycles. The van der Waals surface area contributed by atoms with Crippen molar-refractivity contribution in [2.75, 3.05) is 11.9 Å². The Morgan fingerprint density at radius 3 is 2.21 bits per heavy atom. The first-order valence-electron chi connectivity index (χ1n) is 7.61. The van der Waals surface area contributed by atoms with Crippen molar-refractivity contribution in [3.05, 3.63) is 65.7 Å². The zero-order chi connectivity index (χ0) is 17.4. The summed E-state index contributed by atoms with van der Waals surface area (Å²) in [7, 11) is 0. The molecule has 4 nitrogen and oxygen atoms in total. The summed E-state index contributed by atoms with van der Waals surface area (Å²) in [6, 6.07) is 13.1. The predicted octanol–water partition coefficient (Wildman–Crippen LogP) is 3.04. The van der Waals surface area contributed by atoms with E-state index in [1.165, 1.54) is 11.6 Å². The molecule has 0 spiro atoms. The third-order valence-corrected chi connectivity index (χ3v) is 3.36. The van der Waals surface area contributed by atoms with Crippen LogP contribution in [0.15, 0.2) is 48.5 Å². The van der Waals surface area contributed by atoms with Crippen molar-refractivity contribution in [1.82, 2.24) is 5.32 Å². The lowest BCUT2D eigenvalue weighted by Gasteiger charge is -2.08. The molecule has 0 aliphatic carbocycles. The number of para-hydroxylation sites is 1. The molecular formula is C18H18F2N2O2. The summed E-state index contributed by atoms with van der Waals surface area (Å²) in [5, 5.41) is 4.69. The van der Waals surface area contributed by atoms with E-state index in [4.69, 9.17) is 0 Å². The van der Waals surface area contributed by atoms with Crippen molar-refractivity contribution in [3.63, 3.8) is 0 Å². The third-order valence-electron chi connectivity index (χ3n) is 3.36. The van der Waals surface area contributed by atoms with Crippen LogP contribution in [0.4, 0.5) is 14.5 Å². The lowest BCUT2D eigenvalue weighted by Crippen LogP contribution is -2.29. The van der Waals surface area contributed by atoms with Crippen LogP contribution in [0.25, 0.3) is 0 Å². The summed E-state index contributed by atoms with van der Waals surface area (Å²) >= 11 is 0. The van der Waals surface area contributed by atoms with Gasteiger partial charge in [0.15, 0.2) is 0 Å². The number of rotatable bonds is 7. The zero-order valence-electron chi connectivity index (χ0n) is 13.0. The summed E-state index contributed by atoms with van der Waals surface area (Å²) in [6.45, 7) is 0.426. The molecule has 2 aromatic carbocycles. The van der Waals surface area contributed by atoms with Crippen LogP contribution in [0.3, 0.4) is 0 Å². The molecule has 0 aliphatic heterocycles. The molecule has 126 valence electrons. The molecule has 0 fully saturated rings. The normalized spacial score (nSPS) is 10.2. The second-order valence-electron chi connectivity index (χ2n) is 5.26. The largest absolute Gasteiger partial charge is 0.356 e. The van der Waals surface area contributed by atoms with Crippen molar-refractivity contribution in [3.8, 4) is 0 Å². The van der Waals surface area contributed by atoms with E-state index in [0.717, 1.165) is 25.0 Å². The van der Waals surface area contributed by atoms with E-state index in [1.54, 1.807) is 0 Å². The summed E-state index contributed by atoms with van der Waals surface area (Å²) in [5.74, 6) is -3.02. The highest BCUT2D eigenvalue weighted by molar-refractivity contribution is 6.03. The third kappa shape index (κ3) is 5.46. The molecule has 2 N–H and O–H groups in total. The fourth-order valence-corrected chi connectivity index (χ4v) is 2.17. The standard InChI is InChI=1S/C18H18F2N2O2/c19-14-9-4-10-15(20)18(14)22-17(24)12-16(23)21-11-5-8-13-6-2-1-3-7-13/h1-4,6-7,9-10H,5,8,11-12H2,(H,21,23)(H,22,24). The van der Waals surface area contributed by atoms with Gasteiger partial charge in [0.05, 0.1) is 0 Å². The first kappa shape index (κ1) is 17.6. The number of aryl methyl sites for hydroxylation is 1. The van der Waals surface area contributed by atoms with Crippen molar-refractivity contribution in [2.45, 2.75) is 19.3 Å². The minimum absolute atomic E-state index is 0.426. The average Bonchev–Trinajstić information content (AvgIpc) is 2.56. The van der Waals surface area contributed by atoms with E-state index in [9.17, 15) is 18.4 Å². The maximum absolute atomic E-state index is 13.4. The Labute approximate surface area is 138 Å². The van der Waals surface area contributed by atoms with E-state index in [0.29, 0.717) is 6.54 Å². The zero-order valence-corrected chi connectivity index (χ0v) is 13.0. The number of benzene rings is 2. The van der Waals surface area contributed by atoms with Gasteiger partial charge in [-0.3, -0.25) is 9.59 Å². The molecule has 0 saturated carbocycles. The molecule has 0 aromatic heterocycles. The minimum Gasteiger partial charge on any atom is -0.356 e. The molecule has 0 saturated heterocycles. The maximum Gasteiger partial charge on any atom is 0.233 e. The van der Waals surface area contributed by atoms with Crippen molar-refractivity contribution < 1.29 is 18.4 Å². The van der Waals surface area contributed by atoms with Gasteiger partial charge in [-0.25, -0.2) is 8.78 Å². The van der Waals surface area contributed by atoms with Gasteiger partial charge in [0, 0.05) is 6.54 Å². The fourth-order valence-electron chi connectivity index (χ4n) is 2.17. The van der Waals surface area contributed by atoms with Gasteiger partial charge in [0.1, 0.15) is 23.7 Å². The second-order valence-corrected chi connectivity index (χ2v) is 5.26.